The van der Waals surface area contributed by atoms with Crippen LogP contribution in [0.15, 0.2) is 48.1 Å². The van der Waals surface area contributed by atoms with Gasteiger partial charge in [-0.15, -0.1) is 11.3 Å². The first-order chi connectivity index (χ1) is 5.95. The monoisotopic (exact) mass is 176 g/mol. The molecular formula is C10H10NS+. The molecular weight excluding hydrogens is 166 g/mol. The zero-order chi connectivity index (χ0) is 8.23. The molecule has 0 saturated carbocycles. The van der Waals surface area contributed by atoms with Crippen molar-refractivity contribution in [1.29, 1.82) is 0 Å². The van der Waals surface area contributed by atoms with Crippen LogP contribution in [0.5, 0.6) is 0 Å². The molecule has 60 valence electrons. The normalized spacial score (nSPS) is 10.0. The van der Waals surface area contributed by atoms with Gasteiger partial charge in [-0.2, -0.15) is 4.57 Å². The van der Waals surface area contributed by atoms with Crippen LogP contribution < -0.4 is 4.57 Å². The van der Waals surface area contributed by atoms with Crippen molar-refractivity contribution in [3.8, 4) is 0 Å². The fraction of sp³-hybridized carbons (Fsp3) is 0.100. The molecule has 2 rings (SSSR count). The molecule has 12 heavy (non-hydrogen) atoms. The molecule has 0 fully saturated rings. The first-order valence-electron chi connectivity index (χ1n) is 3.91. The van der Waals surface area contributed by atoms with E-state index in [9.17, 15) is 0 Å². The number of thiophene rings is 1. The van der Waals surface area contributed by atoms with Gasteiger partial charge in [-0.1, -0.05) is 12.1 Å². The van der Waals surface area contributed by atoms with Gasteiger partial charge in [0.25, 0.3) is 0 Å². The van der Waals surface area contributed by atoms with E-state index in [0.29, 0.717) is 0 Å². The van der Waals surface area contributed by atoms with Crippen LogP contribution in [-0.4, -0.2) is 0 Å². The van der Waals surface area contributed by atoms with Crippen molar-refractivity contribution in [2.45, 2.75) is 6.54 Å². The van der Waals surface area contributed by atoms with Gasteiger partial charge in [-0.25, -0.2) is 0 Å². The third-order valence-electron chi connectivity index (χ3n) is 1.70. The quantitative estimate of drug-likeness (QED) is 0.617. The van der Waals surface area contributed by atoms with E-state index in [1.54, 1.807) is 11.3 Å². The van der Waals surface area contributed by atoms with Gasteiger partial charge in [0.1, 0.15) is 0 Å². The van der Waals surface area contributed by atoms with Gasteiger partial charge in [0, 0.05) is 12.1 Å². The maximum absolute atomic E-state index is 2.17. The molecule has 0 radical (unpaired) electrons. The van der Waals surface area contributed by atoms with Crippen LogP contribution in [0.25, 0.3) is 0 Å². The first-order valence-corrected chi connectivity index (χ1v) is 4.79. The molecule has 2 heteroatoms. The molecule has 0 aromatic carbocycles. The van der Waals surface area contributed by atoms with Gasteiger partial charge >= 0.3 is 0 Å². The minimum atomic E-state index is 0.985. The predicted molar refractivity (Wildman–Crippen MR) is 50.1 cm³/mol. The number of aromatic nitrogens is 1. The lowest BCUT2D eigenvalue weighted by atomic mass is 10.4. The molecule has 0 atom stereocenters. The molecule has 2 heterocycles. The van der Waals surface area contributed by atoms with E-state index in [-0.39, 0.29) is 0 Å². The van der Waals surface area contributed by atoms with Crippen LogP contribution in [0.2, 0.25) is 0 Å². The highest BCUT2D eigenvalue weighted by Gasteiger charge is 2.00. The summed E-state index contributed by atoms with van der Waals surface area (Å²) in [4.78, 5) is 1.39. The third kappa shape index (κ3) is 1.71. The van der Waals surface area contributed by atoms with Gasteiger partial charge in [0.2, 0.25) is 0 Å². The van der Waals surface area contributed by atoms with E-state index in [1.165, 1.54) is 4.88 Å². The zero-order valence-corrected chi connectivity index (χ0v) is 7.50. The number of rotatable bonds is 2. The second kappa shape index (κ2) is 3.50. The molecule has 1 nitrogen and oxygen atoms in total. The van der Waals surface area contributed by atoms with E-state index < -0.39 is 0 Å². The van der Waals surface area contributed by atoms with Crippen LogP contribution in [0, 0.1) is 0 Å². The van der Waals surface area contributed by atoms with Crippen LogP contribution in [0.1, 0.15) is 4.88 Å². The molecule has 0 aliphatic heterocycles. The van der Waals surface area contributed by atoms with Crippen molar-refractivity contribution >= 4 is 11.3 Å². The Bertz CT molecular complexity index is 326. The first kappa shape index (κ1) is 7.50. The highest BCUT2D eigenvalue weighted by atomic mass is 32.1. The lowest BCUT2D eigenvalue weighted by Crippen LogP contribution is -2.32. The zero-order valence-electron chi connectivity index (χ0n) is 6.68. The summed E-state index contributed by atoms with van der Waals surface area (Å²) in [5, 5.41) is 2.11. The smallest absolute Gasteiger partial charge is 0.182 e. The molecule has 0 saturated heterocycles. The average Bonchev–Trinajstić information content (AvgIpc) is 2.59. The molecule has 0 aliphatic rings. The Labute approximate surface area is 75.9 Å². The summed E-state index contributed by atoms with van der Waals surface area (Å²) in [5.74, 6) is 0. The molecule has 0 unspecified atom stereocenters. The average molecular weight is 176 g/mol. The number of pyridine rings is 1. The Morgan fingerprint density at radius 2 is 1.92 bits per heavy atom. The molecule has 2 aromatic rings. The standard InChI is InChI=1S/C10H10NS/c1-2-6-11(7-3-1)9-10-5-4-8-12-10/h1-8H,9H2/q+1. The van der Waals surface area contributed by atoms with Crippen LogP contribution >= 0.6 is 11.3 Å². The lowest BCUT2D eigenvalue weighted by molar-refractivity contribution is -0.687. The second-order valence-corrected chi connectivity index (χ2v) is 3.66. The summed E-state index contributed by atoms with van der Waals surface area (Å²) in [7, 11) is 0. The topological polar surface area (TPSA) is 3.88 Å². The van der Waals surface area contributed by atoms with E-state index in [2.05, 4.69) is 34.5 Å². The van der Waals surface area contributed by atoms with Crippen LogP contribution in [0.4, 0.5) is 0 Å². The Balaban J connectivity index is 2.15. The van der Waals surface area contributed by atoms with Gasteiger partial charge in [-0.05, 0) is 11.4 Å². The van der Waals surface area contributed by atoms with Crippen molar-refractivity contribution in [1.82, 2.24) is 0 Å². The van der Waals surface area contributed by atoms with Crippen molar-refractivity contribution in [2.75, 3.05) is 0 Å². The van der Waals surface area contributed by atoms with Crippen LogP contribution in [0.3, 0.4) is 0 Å². The number of hydrogen-bond acceptors (Lipinski definition) is 1. The van der Waals surface area contributed by atoms with E-state index >= 15 is 0 Å². The summed E-state index contributed by atoms with van der Waals surface area (Å²) < 4.78 is 2.17. The van der Waals surface area contributed by atoms with Gasteiger partial charge in [0.05, 0.1) is 4.88 Å². The molecule has 0 spiro atoms. The summed E-state index contributed by atoms with van der Waals surface area (Å²) in [5.41, 5.74) is 0. The maximum Gasteiger partial charge on any atom is 0.182 e. The van der Waals surface area contributed by atoms with Crippen molar-refractivity contribution in [2.24, 2.45) is 0 Å². The van der Waals surface area contributed by atoms with Gasteiger partial charge in [-0.3, -0.25) is 0 Å². The van der Waals surface area contributed by atoms with Crippen molar-refractivity contribution in [3.63, 3.8) is 0 Å². The minimum Gasteiger partial charge on any atom is -0.200 e. The molecule has 0 aliphatic carbocycles. The Morgan fingerprint density at radius 1 is 1.08 bits per heavy atom. The maximum atomic E-state index is 2.17. The summed E-state index contributed by atoms with van der Waals surface area (Å²) >= 11 is 1.80. The molecule has 2 aromatic heterocycles. The Hall–Kier alpha value is -1.15. The molecule has 0 bridgehead atoms. The predicted octanol–water partition coefficient (Wildman–Crippen LogP) is 2.08. The largest absolute Gasteiger partial charge is 0.200 e. The minimum absolute atomic E-state index is 0.985. The second-order valence-electron chi connectivity index (χ2n) is 2.63. The lowest BCUT2D eigenvalue weighted by Gasteiger charge is -1.91. The number of nitrogens with zero attached hydrogens (tertiary/aromatic N) is 1. The van der Waals surface area contributed by atoms with E-state index in [0.717, 1.165) is 6.54 Å². The van der Waals surface area contributed by atoms with Gasteiger partial charge in [0.15, 0.2) is 18.9 Å². The summed E-state index contributed by atoms with van der Waals surface area (Å²) in [6.45, 7) is 0.985. The highest BCUT2D eigenvalue weighted by Crippen LogP contribution is 2.06. The van der Waals surface area contributed by atoms with E-state index in [4.69, 9.17) is 0 Å². The highest BCUT2D eigenvalue weighted by molar-refractivity contribution is 7.09. The van der Waals surface area contributed by atoms with Crippen molar-refractivity contribution < 1.29 is 4.57 Å². The molecule has 0 N–H and O–H groups in total. The third-order valence-corrected chi connectivity index (χ3v) is 2.56. The fourth-order valence-electron chi connectivity index (χ4n) is 1.12. The van der Waals surface area contributed by atoms with Gasteiger partial charge < -0.3 is 0 Å². The van der Waals surface area contributed by atoms with Crippen molar-refractivity contribution in [3.05, 3.63) is 53.0 Å². The molecule has 0 amide bonds. The Morgan fingerprint density at radius 3 is 2.58 bits per heavy atom. The van der Waals surface area contributed by atoms with E-state index in [1.807, 2.05) is 18.2 Å². The van der Waals surface area contributed by atoms with Crippen LogP contribution in [-0.2, 0) is 6.54 Å². The fourth-order valence-corrected chi connectivity index (χ4v) is 1.83. The summed E-state index contributed by atoms with van der Waals surface area (Å²) in [6.07, 6.45) is 4.17. The Kier molecular flexibility index (Phi) is 2.19. The summed E-state index contributed by atoms with van der Waals surface area (Å²) in [6, 6.07) is 10.4. The number of hydrogen-bond donors (Lipinski definition) is 0. The SMILES string of the molecule is c1cc[n+](Cc2cccs2)cc1.